The number of sulfone groups is 1. The Hall–Kier alpha value is -1.69. The van der Waals surface area contributed by atoms with Crippen LogP contribution in [0.5, 0.6) is 0 Å². The minimum absolute atomic E-state index is 0.0187. The normalized spacial score (nSPS) is 31.8. The molecule has 0 aromatic heterocycles. The Labute approximate surface area is 155 Å². The summed E-state index contributed by atoms with van der Waals surface area (Å²) in [4.78, 5) is 2.79. The van der Waals surface area contributed by atoms with E-state index in [1.165, 1.54) is 5.56 Å². The van der Waals surface area contributed by atoms with Crippen molar-refractivity contribution in [1.29, 1.82) is 0 Å². The van der Waals surface area contributed by atoms with Crippen LogP contribution in [0, 0.1) is 5.92 Å². The summed E-state index contributed by atoms with van der Waals surface area (Å²) < 4.78 is 26.7. The van der Waals surface area contributed by atoms with Crippen molar-refractivity contribution in [3.63, 3.8) is 0 Å². The Balaban J connectivity index is 1.70. The second-order valence-corrected chi connectivity index (χ2v) is 9.89. The number of nitrogens with two attached hydrogens (primary N) is 1. The van der Waals surface area contributed by atoms with E-state index < -0.39 is 9.84 Å². The largest absolute Gasteiger partial charge is 0.326 e. The van der Waals surface area contributed by atoms with Gasteiger partial charge < -0.3 is 5.73 Å². The molecule has 0 unspecified atom stereocenters. The third-order valence-electron chi connectivity index (χ3n) is 6.06. The lowest BCUT2D eigenvalue weighted by Crippen LogP contribution is -2.55. The molecule has 5 heteroatoms. The lowest BCUT2D eigenvalue weighted by Gasteiger charge is -2.43. The first-order valence-electron chi connectivity index (χ1n) is 9.32. The van der Waals surface area contributed by atoms with Crippen LogP contribution in [0.15, 0.2) is 65.6 Å². The number of fused-ring (bicyclic) bond motifs is 2. The fraction of sp³-hybridized carbons (Fsp3) is 0.429. The molecule has 2 N–H and O–H groups in total. The van der Waals surface area contributed by atoms with Crippen molar-refractivity contribution < 1.29 is 8.42 Å². The first-order chi connectivity index (χ1) is 12.5. The van der Waals surface area contributed by atoms with Crippen LogP contribution in [-0.4, -0.2) is 36.7 Å². The minimum Gasteiger partial charge on any atom is -0.326 e. The summed E-state index contributed by atoms with van der Waals surface area (Å²) in [5, 5.41) is -0.387. The van der Waals surface area contributed by atoms with Gasteiger partial charge in [-0.3, -0.25) is 4.90 Å². The molecule has 2 fully saturated rings. The van der Waals surface area contributed by atoms with Crippen LogP contribution >= 0.6 is 0 Å². The Morgan fingerprint density at radius 1 is 1.00 bits per heavy atom. The highest BCUT2D eigenvalue weighted by Crippen LogP contribution is 2.43. The second-order valence-electron chi connectivity index (χ2n) is 7.72. The van der Waals surface area contributed by atoms with E-state index in [4.69, 9.17) is 5.73 Å². The molecule has 0 amide bonds. The smallest absolute Gasteiger partial charge is 0.182 e. The summed E-state index contributed by atoms with van der Waals surface area (Å²) >= 11 is 0. The van der Waals surface area contributed by atoms with Gasteiger partial charge in [0.15, 0.2) is 9.84 Å². The van der Waals surface area contributed by atoms with Gasteiger partial charge in [0.1, 0.15) is 0 Å². The zero-order chi connectivity index (χ0) is 18.3. The highest BCUT2D eigenvalue weighted by molar-refractivity contribution is 7.92. The third-order valence-corrected chi connectivity index (χ3v) is 8.26. The molecule has 2 aliphatic rings. The summed E-state index contributed by atoms with van der Waals surface area (Å²) in [7, 11) is -3.37. The number of nitrogens with zero attached hydrogens (tertiary/aromatic N) is 1. The topological polar surface area (TPSA) is 63.4 Å². The van der Waals surface area contributed by atoms with E-state index in [1.54, 1.807) is 24.3 Å². The van der Waals surface area contributed by atoms with Crippen LogP contribution in [-0.2, 0) is 16.4 Å². The molecule has 5 atom stereocenters. The molecule has 0 saturated carbocycles. The van der Waals surface area contributed by atoms with Crippen LogP contribution in [0.25, 0.3) is 0 Å². The quantitative estimate of drug-likeness (QED) is 0.899. The molecule has 2 aliphatic heterocycles. The first kappa shape index (κ1) is 17.7. The number of hydrogen-bond donors (Lipinski definition) is 1. The summed E-state index contributed by atoms with van der Waals surface area (Å²) in [6, 6.07) is 19.3. The molecule has 2 aromatic carbocycles. The molecular formula is C21H26N2O2S. The van der Waals surface area contributed by atoms with E-state index in [0.717, 1.165) is 13.0 Å². The monoisotopic (exact) mass is 370 g/mol. The van der Waals surface area contributed by atoms with Gasteiger partial charge in [0.2, 0.25) is 0 Å². The molecule has 26 heavy (non-hydrogen) atoms. The summed E-state index contributed by atoms with van der Waals surface area (Å²) in [5.74, 6) is 0.260. The zero-order valence-electron chi connectivity index (χ0n) is 15.0. The molecule has 2 aromatic rings. The zero-order valence-corrected chi connectivity index (χ0v) is 15.8. The third kappa shape index (κ3) is 2.98. The maximum Gasteiger partial charge on any atom is 0.182 e. The van der Waals surface area contributed by atoms with Crippen molar-refractivity contribution in [3.8, 4) is 0 Å². The van der Waals surface area contributed by atoms with Gasteiger partial charge in [-0.15, -0.1) is 0 Å². The molecule has 2 heterocycles. The van der Waals surface area contributed by atoms with E-state index in [-0.39, 0.29) is 29.3 Å². The fourth-order valence-corrected chi connectivity index (χ4v) is 7.03. The minimum atomic E-state index is -3.37. The first-order valence-corrected chi connectivity index (χ1v) is 10.9. The predicted molar refractivity (Wildman–Crippen MR) is 103 cm³/mol. The van der Waals surface area contributed by atoms with Gasteiger partial charge in [0, 0.05) is 24.7 Å². The number of piperidine rings is 1. The van der Waals surface area contributed by atoms with Crippen molar-refractivity contribution >= 4 is 9.84 Å². The molecule has 4 nitrogen and oxygen atoms in total. The lowest BCUT2D eigenvalue weighted by atomic mass is 9.88. The predicted octanol–water partition coefficient (Wildman–Crippen LogP) is 2.84. The molecule has 2 bridgehead atoms. The summed E-state index contributed by atoms with van der Waals surface area (Å²) in [6.07, 6.45) is 1.52. The fourth-order valence-electron chi connectivity index (χ4n) is 4.90. The van der Waals surface area contributed by atoms with E-state index in [0.29, 0.717) is 11.3 Å². The number of benzene rings is 2. The van der Waals surface area contributed by atoms with Crippen LogP contribution in [0.1, 0.15) is 25.3 Å². The van der Waals surface area contributed by atoms with E-state index in [1.807, 2.05) is 24.3 Å². The van der Waals surface area contributed by atoms with E-state index in [2.05, 4.69) is 24.0 Å². The van der Waals surface area contributed by atoms with Gasteiger partial charge in [-0.1, -0.05) is 55.5 Å². The summed E-state index contributed by atoms with van der Waals surface area (Å²) in [6.45, 7) is 2.91. The second kappa shape index (κ2) is 6.80. The average Bonchev–Trinajstić information content (AvgIpc) is 2.96. The van der Waals surface area contributed by atoms with Gasteiger partial charge in [-0.2, -0.15) is 0 Å². The van der Waals surface area contributed by atoms with Gasteiger partial charge in [-0.05, 0) is 36.5 Å². The molecular weight excluding hydrogens is 344 g/mol. The van der Waals surface area contributed by atoms with Crippen molar-refractivity contribution in [2.45, 2.75) is 54.6 Å². The molecule has 0 radical (unpaired) electrons. The van der Waals surface area contributed by atoms with Crippen LogP contribution < -0.4 is 5.73 Å². The Bertz CT molecular complexity index is 854. The van der Waals surface area contributed by atoms with Gasteiger partial charge in [-0.25, -0.2) is 8.42 Å². The SMILES string of the molecule is C[C@@H]1C[C@@H](N)[C@H]2C[C@H](S(=O)(=O)c3ccccc3)[C@H]1N2Cc1ccccc1. The highest BCUT2D eigenvalue weighted by atomic mass is 32.2. The molecule has 2 saturated heterocycles. The van der Waals surface area contributed by atoms with Gasteiger partial charge in [0.05, 0.1) is 10.1 Å². The van der Waals surface area contributed by atoms with Crippen molar-refractivity contribution in [2.24, 2.45) is 11.7 Å². The molecule has 138 valence electrons. The summed E-state index contributed by atoms with van der Waals surface area (Å²) in [5.41, 5.74) is 7.67. The molecule has 0 spiro atoms. The van der Waals surface area contributed by atoms with Crippen LogP contribution in [0.3, 0.4) is 0 Å². The van der Waals surface area contributed by atoms with Crippen molar-refractivity contribution in [1.82, 2.24) is 4.90 Å². The van der Waals surface area contributed by atoms with Crippen molar-refractivity contribution in [3.05, 3.63) is 66.2 Å². The molecule has 4 rings (SSSR count). The maximum absolute atomic E-state index is 13.4. The van der Waals surface area contributed by atoms with Gasteiger partial charge in [0.25, 0.3) is 0 Å². The van der Waals surface area contributed by atoms with E-state index >= 15 is 0 Å². The van der Waals surface area contributed by atoms with Crippen molar-refractivity contribution in [2.75, 3.05) is 0 Å². The van der Waals surface area contributed by atoms with Crippen LogP contribution in [0.4, 0.5) is 0 Å². The molecule has 0 aliphatic carbocycles. The van der Waals surface area contributed by atoms with E-state index in [9.17, 15) is 8.42 Å². The Morgan fingerprint density at radius 3 is 2.27 bits per heavy atom. The Morgan fingerprint density at radius 2 is 1.62 bits per heavy atom. The van der Waals surface area contributed by atoms with Gasteiger partial charge >= 0.3 is 0 Å². The maximum atomic E-state index is 13.4. The Kier molecular flexibility index (Phi) is 4.63. The standard InChI is InChI=1S/C21H26N2O2S/c1-15-12-18(22)19-13-20(26(24,25)17-10-6-3-7-11-17)21(15)23(19)14-16-8-4-2-5-9-16/h2-11,15,18-21H,12-14,22H2,1H3/t15-,18-,19-,20+,21+/m1/s1. The number of rotatable bonds is 4. The lowest BCUT2D eigenvalue weighted by molar-refractivity contribution is 0.0763. The highest BCUT2D eigenvalue weighted by Gasteiger charge is 2.54. The van der Waals surface area contributed by atoms with Crippen LogP contribution in [0.2, 0.25) is 0 Å². The number of hydrogen-bond acceptors (Lipinski definition) is 4. The average molecular weight is 371 g/mol.